The Labute approximate surface area is 116 Å². The summed E-state index contributed by atoms with van der Waals surface area (Å²) in [5.41, 5.74) is 1.19. The van der Waals surface area contributed by atoms with Gasteiger partial charge in [-0.3, -0.25) is 0 Å². The van der Waals surface area contributed by atoms with E-state index in [0.29, 0.717) is 12.0 Å². The Hall–Kier alpha value is -0.740. The van der Waals surface area contributed by atoms with Crippen molar-refractivity contribution < 1.29 is 9.47 Å². The molecule has 0 aromatic heterocycles. The molecule has 18 heavy (non-hydrogen) atoms. The first-order valence-electron chi connectivity index (χ1n) is 6.48. The summed E-state index contributed by atoms with van der Waals surface area (Å²) in [5, 5.41) is 0. The van der Waals surface area contributed by atoms with Gasteiger partial charge in [-0.05, 0) is 37.0 Å². The van der Waals surface area contributed by atoms with Gasteiger partial charge in [-0.15, -0.1) is 0 Å². The summed E-state index contributed by atoms with van der Waals surface area (Å²) in [6.07, 6.45) is 2.28. The summed E-state index contributed by atoms with van der Waals surface area (Å²) < 4.78 is 12.5. The number of likely N-dealkylation sites (N-methyl/N-ethyl adjacent to an activating group) is 1. The van der Waals surface area contributed by atoms with Crippen molar-refractivity contribution in [1.82, 2.24) is 0 Å². The topological polar surface area (TPSA) is 21.7 Å². The zero-order chi connectivity index (χ0) is 12.5. The largest absolute Gasteiger partial charge is 0.489 e. The molecule has 0 spiro atoms. The Morgan fingerprint density at radius 1 is 1.28 bits per heavy atom. The maximum atomic E-state index is 5.91. The van der Waals surface area contributed by atoms with Crippen molar-refractivity contribution in [2.45, 2.75) is 18.9 Å². The molecule has 3 rings (SSSR count). The molecule has 3 nitrogen and oxygen atoms in total. The van der Waals surface area contributed by atoms with E-state index in [1.165, 1.54) is 5.69 Å². The second-order valence-corrected chi connectivity index (χ2v) is 5.97. The molecule has 0 aliphatic carbocycles. The third-order valence-corrected chi connectivity index (χ3v) is 4.51. The van der Waals surface area contributed by atoms with Crippen LogP contribution in [0.3, 0.4) is 0 Å². The van der Waals surface area contributed by atoms with Crippen LogP contribution in [0.4, 0.5) is 5.69 Å². The van der Waals surface area contributed by atoms with Gasteiger partial charge < -0.3 is 14.4 Å². The molecule has 1 unspecified atom stereocenters. The van der Waals surface area contributed by atoms with Crippen LogP contribution in [0.2, 0.25) is 0 Å². The molecule has 98 valence electrons. The van der Waals surface area contributed by atoms with Gasteiger partial charge >= 0.3 is 0 Å². The predicted molar refractivity (Wildman–Crippen MR) is 75.4 cm³/mol. The van der Waals surface area contributed by atoms with E-state index in [9.17, 15) is 0 Å². The molecule has 0 radical (unpaired) electrons. The Bertz CT molecular complexity index is 432. The molecule has 0 N–H and O–H groups in total. The number of halogens is 1. The number of nitrogens with zero attached hydrogens (tertiary/aromatic N) is 1. The molecule has 1 fully saturated rings. The van der Waals surface area contributed by atoms with Crippen LogP contribution in [-0.2, 0) is 4.74 Å². The molecule has 2 heterocycles. The maximum Gasteiger partial charge on any atom is 0.142 e. The van der Waals surface area contributed by atoms with Crippen LogP contribution < -0.4 is 9.64 Å². The zero-order valence-corrected chi connectivity index (χ0v) is 12.1. The van der Waals surface area contributed by atoms with Gasteiger partial charge in [0.2, 0.25) is 0 Å². The summed E-state index contributed by atoms with van der Waals surface area (Å²) in [4.78, 5) is 2.37. The standard InChI is InChI=1S/C14H18BrNO2/c1-16-12-8-11(15)2-3-14(12)18-9-13(16)10-4-6-17-7-5-10/h2-3,8,10,13H,4-7,9H2,1H3. The first-order chi connectivity index (χ1) is 8.75. The van der Waals surface area contributed by atoms with Crippen molar-refractivity contribution >= 4 is 21.6 Å². The number of hydrogen-bond acceptors (Lipinski definition) is 3. The molecule has 1 saturated heterocycles. The van der Waals surface area contributed by atoms with Gasteiger partial charge in [-0.25, -0.2) is 0 Å². The van der Waals surface area contributed by atoms with Gasteiger partial charge in [0.15, 0.2) is 0 Å². The molecule has 1 atom stereocenters. The van der Waals surface area contributed by atoms with Crippen molar-refractivity contribution in [2.24, 2.45) is 5.92 Å². The minimum atomic E-state index is 0.468. The van der Waals surface area contributed by atoms with Crippen LogP contribution in [0, 0.1) is 5.92 Å². The molecule has 0 saturated carbocycles. The molecule has 0 amide bonds. The van der Waals surface area contributed by atoms with E-state index in [0.717, 1.165) is 42.9 Å². The smallest absolute Gasteiger partial charge is 0.142 e. The molecule has 1 aromatic rings. The number of ether oxygens (including phenoxy) is 2. The number of hydrogen-bond donors (Lipinski definition) is 0. The molecule has 0 bridgehead atoms. The Balaban J connectivity index is 1.83. The third-order valence-electron chi connectivity index (χ3n) is 4.02. The lowest BCUT2D eigenvalue weighted by Crippen LogP contribution is -2.47. The van der Waals surface area contributed by atoms with Gasteiger partial charge in [0.1, 0.15) is 12.4 Å². The Morgan fingerprint density at radius 2 is 2.06 bits per heavy atom. The van der Waals surface area contributed by atoms with Crippen molar-refractivity contribution in [1.29, 1.82) is 0 Å². The van der Waals surface area contributed by atoms with Gasteiger partial charge in [0.05, 0.1) is 11.7 Å². The highest BCUT2D eigenvalue weighted by Gasteiger charge is 2.32. The first kappa shape index (κ1) is 12.3. The fourth-order valence-electron chi connectivity index (χ4n) is 2.91. The lowest BCUT2D eigenvalue weighted by molar-refractivity contribution is 0.0495. The monoisotopic (exact) mass is 311 g/mol. The van der Waals surface area contributed by atoms with E-state index in [1.54, 1.807) is 0 Å². The van der Waals surface area contributed by atoms with Gasteiger partial charge in [-0.2, -0.15) is 0 Å². The van der Waals surface area contributed by atoms with Crippen molar-refractivity contribution in [3.63, 3.8) is 0 Å². The van der Waals surface area contributed by atoms with E-state index in [4.69, 9.17) is 9.47 Å². The highest BCUT2D eigenvalue weighted by Crippen LogP contribution is 2.38. The van der Waals surface area contributed by atoms with Crippen molar-refractivity contribution in [2.75, 3.05) is 31.8 Å². The van der Waals surface area contributed by atoms with Gasteiger partial charge in [0, 0.05) is 24.7 Å². The SMILES string of the molecule is CN1c2cc(Br)ccc2OCC1C1CCOCC1. The average Bonchev–Trinajstić information content (AvgIpc) is 2.41. The molecule has 2 aliphatic rings. The number of benzene rings is 1. The molecular formula is C14H18BrNO2. The average molecular weight is 312 g/mol. The zero-order valence-electron chi connectivity index (χ0n) is 10.6. The van der Waals surface area contributed by atoms with Crippen molar-refractivity contribution in [3.8, 4) is 5.75 Å². The maximum absolute atomic E-state index is 5.91. The van der Waals surface area contributed by atoms with Crippen LogP contribution in [0.15, 0.2) is 22.7 Å². The second-order valence-electron chi connectivity index (χ2n) is 5.05. The summed E-state index contributed by atoms with van der Waals surface area (Å²) in [7, 11) is 2.17. The van der Waals surface area contributed by atoms with E-state index < -0.39 is 0 Å². The Morgan fingerprint density at radius 3 is 2.83 bits per heavy atom. The summed E-state index contributed by atoms with van der Waals surface area (Å²) in [5.74, 6) is 1.67. The number of rotatable bonds is 1. The lowest BCUT2D eigenvalue weighted by atomic mass is 9.90. The molecular weight excluding hydrogens is 294 g/mol. The number of anilines is 1. The van der Waals surface area contributed by atoms with E-state index in [2.05, 4.69) is 33.9 Å². The number of fused-ring (bicyclic) bond motifs is 1. The molecule has 4 heteroatoms. The van der Waals surface area contributed by atoms with Crippen molar-refractivity contribution in [3.05, 3.63) is 22.7 Å². The van der Waals surface area contributed by atoms with E-state index >= 15 is 0 Å². The fraction of sp³-hybridized carbons (Fsp3) is 0.571. The predicted octanol–water partition coefficient (Wildman–Crippen LogP) is 3.07. The van der Waals surface area contributed by atoms with E-state index in [-0.39, 0.29) is 0 Å². The summed E-state index contributed by atoms with van der Waals surface area (Å²) >= 11 is 3.53. The van der Waals surface area contributed by atoms with Gasteiger partial charge in [0.25, 0.3) is 0 Å². The quantitative estimate of drug-likeness (QED) is 0.795. The summed E-state index contributed by atoms with van der Waals surface area (Å²) in [6, 6.07) is 6.67. The van der Waals surface area contributed by atoms with Crippen LogP contribution in [0.25, 0.3) is 0 Å². The minimum absolute atomic E-state index is 0.468. The highest BCUT2D eigenvalue weighted by atomic mass is 79.9. The molecule has 1 aromatic carbocycles. The normalized spacial score (nSPS) is 24.6. The van der Waals surface area contributed by atoms with Crippen LogP contribution in [0.5, 0.6) is 5.75 Å². The van der Waals surface area contributed by atoms with E-state index in [1.807, 2.05) is 12.1 Å². The fourth-order valence-corrected chi connectivity index (χ4v) is 3.26. The molecule has 2 aliphatic heterocycles. The second kappa shape index (κ2) is 5.10. The minimum Gasteiger partial charge on any atom is -0.489 e. The van der Waals surface area contributed by atoms with Crippen LogP contribution in [-0.4, -0.2) is 32.9 Å². The highest BCUT2D eigenvalue weighted by molar-refractivity contribution is 9.10. The Kier molecular flexibility index (Phi) is 3.48. The third kappa shape index (κ3) is 2.24. The van der Waals surface area contributed by atoms with Crippen LogP contribution in [0.1, 0.15) is 12.8 Å². The van der Waals surface area contributed by atoms with Gasteiger partial charge in [-0.1, -0.05) is 15.9 Å². The lowest BCUT2D eigenvalue weighted by Gasteiger charge is -2.41. The summed E-state index contributed by atoms with van der Waals surface area (Å²) in [6.45, 7) is 2.57. The first-order valence-corrected chi connectivity index (χ1v) is 7.28. The van der Waals surface area contributed by atoms with Crippen LogP contribution >= 0.6 is 15.9 Å².